The number of nitrogens with one attached hydrogen (secondary N) is 2. The van der Waals surface area contributed by atoms with E-state index in [-0.39, 0.29) is 36.3 Å². The van der Waals surface area contributed by atoms with E-state index in [1.165, 1.54) is 24.5 Å². The molecule has 2 saturated carbocycles. The molecule has 2 atom stereocenters. The van der Waals surface area contributed by atoms with Crippen LogP contribution in [0.3, 0.4) is 0 Å². The van der Waals surface area contributed by atoms with Crippen molar-refractivity contribution in [2.75, 3.05) is 18.4 Å². The standard InChI is InChI=1S/C27H33FN4O3/c1-19-15-23(22(19)9-12-29-18-25(33)32-24-17-30-13-14-31-24)35-26(34)27(10-4-2-3-5-11-27)20-7-6-8-21(28)16-20/h6-8,13-14,16-17,22-23,29H,1-5,9-12,15,18H2,(H,31,32,33). The second kappa shape index (κ2) is 11.5. The van der Waals surface area contributed by atoms with E-state index in [9.17, 15) is 14.0 Å². The Hall–Kier alpha value is -3.13. The average Bonchev–Trinajstić information content (AvgIpc) is 3.11. The fraction of sp³-hybridized carbons (Fsp3) is 0.481. The van der Waals surface area contributed by atoms with Crippen LogP contribution in [0.1, 0.15) is 56.9 Å². The first-order valence-electron chi connectivity index (χ1n) is 12.4. The minimum atomic E-state index is -0.795. The van der Waals surface area contributed by atoms with Gasteiger partial charge in [-0.3, -0.25) is 14.6 Å². The molecule has 35 heavy (non-hydrogen) atoms. The Balaban J connectivity index is 1.31. The summed E-state index contributed by atoms with van der Waals surface area (Å²) in [6.07, 6.45) is 11.0. The van der Waals surface area contributed by atoms with Crippen LogP contribution in [0.5, 0.6) is 0 Å². The number of ether oxygens (including phenoxy) is 1. The molecule has 2 N–H and O–H groups in total. The number of carbonyl (C=O) groups excluding carboxylic acids is 2. The van der Waals surface area contributed by atoms with E-state index in [4.69, 9.17) is 4.74 Å². The van der Waals surface area contributed by atoms with Gasteiger partial charge >= 0.3 is 5.97 Å². The zero-order chi connectivity index (χ0) is 24.7. The molecule has 2 aromatic rings. The van der Waals surface area contributed by atoms with Crippen LogP contribution in [0, 0.1) is 11.7 Å². The van der Waals surface area contributed by atoms with Gasteiger partial charge in [0.15, 0.2) is 5.82 Å². The minimum absolute atomic E-state index is 0.0461. The summed E-state index contributed by atoms with van der Waals surface area (Å²) in [5.41, 5.74) is 0.973. The molecule has 7 nitrogen and oxygen atoms in total. The van der Waals surface area contributed by atoms with Gasteiger partial charge in [-0.25, -0.2) is 9.37 Å². The molecule has 4 rings (SSSR count). The SMILES string of the molecule is C=C1CC(OC(=O)C2(c3cccc(F)c3)CCCCCC2)C1CCNCC(=O)Nc1cnccn1. The third kappa shape index (κ3) is 6.11. The number of aromatic nitrogens is 2. The number of benzene rings is 1. The van der Waals surface area contributed by atoms with Crippen LogP contribution in [-0.2, 0) is 19.7 Å². The van der Waals surface area contributed by atoms with Gasteiger partial charge in [0.2, 0.25) is 5.91 Å². The Morgan fingerprint density at radius 2 is 1.97 bits per heavy atom. The summed E-state index contributed by atoms with van der Waals surface area (Å²) in [4.78, 5) is 33.6. The summed E-state index contributed by atoms with van der Waals surface area (Å²) >= 11 is 0. The van der Waals surface area contributed by atoms with Gasteiger partial charge in [0.1, 0.15) is 11.9 Å². The monoisotopic (exact) mass is 480 g/mol. The first kappa shape index (κ1) is 25.0. The molecule has 1 heterocycles. The third-order valence-corrected chi connectivity index (χ3v) is 7.17. The van der Waals surface area contributed by atoms with Gasteiger partial charge in [0.05, 0.1) is 18.2 Å². The molecule has 0 radical (unpaired) electrons. The molecule has 186 valence electrons. The molecule has 2 aliphatic rings. The number of amides is 1. The zero-order valence-electron chi connectivity index (χ0n) is 20.0. The van der Waals surface area contributed by atoms with Crippen molar-refractivity contribution in [1.82, 2.24) is 15.3 Å². The van der Waals surface area contributed by atoms with Crippen LogP contribution in [0.25, 0.3) is 0 Å². The van der Waals surface area contributed by atoms with Crippen LogP contribution in [-0.4, -0.2) is 41.0 Å². The largest absolute Gasteiger partial charge is 0.461 e. The number of esters is 1. The lowest BCUT2D eigenvalue weighted by Gasteiger charge is -2.41. The van der Waals surface area contributed by atoms with Crippen molar-refractivity contribution in [3.63, 3.8) is 0 Å². The molecule has 0 spiro atoms. The van der Waals surface area contributed by atoms with Gasteiger partial charge in [-0.2, -0.15) is 0 Å². The van der Waals surface area contributed by atoms with Crippen molar-refractivity contribution in [2.45, 2.75) is 62.9 Å². The highest BCUT2D eigenvalue weighted by Gasteiger charge is 2.46. The van der Waals surface area contributed by atoms with Gasteiger partial charge in [-0.15, -0.1) is 0 Å². The molecule has 1 aromatic carbocycles. The van der Waals surface area contributed by atoms with Crippen LogP contribution in [0.15, 0.2) is 55.0 Å². The molecule has 0 saturated heterocycles. The van der Waals surface area contributed by atoms with Gasteiger partial charge in [0, 0.05) is 24.7 Å². The Morgan fingerprint density at radius 3 is 2.66 bits per heavy atom. The van der Waals surface area contributed by atoms with Crippen molar-refractivity contribution >= 4 is 17.7 Å². The Labute approximate surface area is 205 Å². The van der Waals surface area contributed by atoms with E-state index in [2.05, 4.69) is 27.2 Å². The number of carbonyl (C=O) groups is 2. The summed E-state index contributed by atoms with van der Waals surface area (Å²) in [5.74, 6) is -0.326. The van der Waals surface area contributed by atoms with E-state index in [0.717, 1.165) is 36.8 Å². The maximum absolute atomic E-state index is 14.1. The summed E-state index contributed by atoms with van der Waals surface area (Å²) in [5, 5.41) is 5.80. The number of halogens is 1. The van der Waals surface area contributed by atoms with Crippen LogP contribution < -0.4 is 10.6 Å². The fourth-order valence-corrected chi connectivity index (χ4v) is 5.16. The van der Waals surface area contributed by atoms with Crippen LogP contribution in [0.4, 0.5) is 10.2 Å². The normalized spacial score (nSPS) is 21.5. The second-order valence-electron chi connectivity index (χ2n) is 9.52. The predicted molar refractivity (Wildman–Crippen MR) is 131 cm³/mol. The van der Waals surface area contributed by atoms with E-state index < -0.39 is 5.41 Å². The van der Waals surface area contributed by atoms with Gasteiger partial charge in [-0.05, 0) is 43.5 Å². The molecular weight excluding hydrogens is 447 g/mol. The zero-order valence-corrected chi connectivity index (χ0v) is 20.0. The molecule has 0 bridgehead atoms. The Kier molecular flexibility index (Phi) is 8.23. The van der Waals surface area contributed by atoms with Crippen LogP contribution >= 0.6 is 0 Å². The number of anilines is 1. The molecule has 2 unspecified atom stereocenters. The molecule has 2 fully saturated rings. The molecule has 0 aliphatic heterocycles. The highest BCUT2D eigenvalue weighted by molar-refractivity contribution is 5.91. The van der Waals surface area contributed by atoms with Crippen LogP contribution in [0.2, 0.25) is 0 Å². The first-order valence-corrected chi connectivity index (χ1v) is 12.4. The number of rotatable bonds is 9. The van der Waals surface area contributed by atoms with Crippen molar-refractivity contribution in [1.29, 1.82) is 0 Å². The summed E-state index contributed by atoms with van der Waals surface area (Å²) in [7, 11) is 0. The maximum atomic E-state index is 14.1. The molecular formula is C27H33FN4O3. The number of hydrogen-bond acceptors (Lipinski definition) is 6. The first-order chi connectivity index (χ1) is 17.0. The van der Waals surface area contributed by atoms with E-state index >= 15 is 0 Å². The molecule has 1 amide bonds. The van der Waals surface area contributed by atoms with Crippen molar-refractivity contribution < 1.29 is 18.7 Å². The number of hydrogen-bond donors (Lipinski definition) is 2. The molecule has 8 heteroatoms. The Morgan fingerprint density at radius 1 is 1.17 bits per heavy atom. The van der Waals surface area contributed by atoms with Gasteiger partial charge < -0.3 is 15.4 Å². The lowest BCUT2D eigenvalue weighted by molar-refractivity contribution is -0.162. The molecule has 2 aliphatic carbocycles. The summed E-state index contributed by atoms with van der Waals surface area (Å²) in [6.45, 7) is 4.85. The van der Waals surface area contributed by atoms with Gasteiger partial charge in [-0.1, -0.05) is 50.0 Å². The van der Waals surface area contributed by atoms with Crippen molar-refractivity contribution in [3.8, 4) is 0 Å². The summed E-state index contributed by atoms with van der Waals surface area (Å²) in [6, 6.07) is 6.42. The van der Waals surface area contributed by atoms with Crippen molar-refractivity contribution in [3.05, 3.63) is 66.4 Å². The smallest absolute Gasteiger partial charge is 0.316 e. The Bertz CT molecular complexity index is 1040. The lowest BCUT2D eigenvalue weighted by atomic mass is 9.72. The van der Waals surface area contributed by atoms with Gasteiger partial charge in [0.25, 0.3) is 0 Å². The van der Waals surface area contributed by atoms with E-state index in [0.29, 0.717) is 38.0 Å². The highest BCUT2D eigenvalue weighted by Crippen LogP contribution is 2.43. The van der Waals surface area contributed by atoms with E-state index in [1.807, 2.05) is 6.07 Å². The second-order valence-corrected chi connectivity index (χ2v) is 9.52. The predicted octanol–water partition coefficient (Wildman–Crippen LogP) is 4.31. The quantitative estimate of drug-likeness (QED) is 0.240. The topological polar surface area (TPSA) is 93.2 Å². The minimum Gasteiger partial charge on any atom is -0.461 e. The van der Waals surface area contributed by atoms with Crippen molar-refractivity contribution in [2.24, 2.45) is 5.92 Å². The molecule has 1 aromatic heterocycles. The van der Waals surface area contributed by atoms with E-state index in [1.54, 1.807) is 12.3 Å². The highest BCUT2D eigenvalue weighted by atomic mass is 19.1. The fourth-order valence-electron chi connectivity index (χ4n) is 5.16. The average molecular weight is 481 g/mol. The number of nitrogens with zero attached hydrogens (tertiary/aromatic N) is 2. The maximum Gasteiger partial charge on any atom is 0.316 e. The lowest BCUT2D eigenvalue weighted by Crippen LogP contribution is -2.45. The summed E-state index contributed by atoms with van der Waals surface area (Å²) < 4.78 is 20.1. The third-order valence-electron chi connectivity index (χ3n) is 7.17.